The van der Waals surface area contributed by atoms with Gasteiger partial charge in [0.05, 0.1) is 16.1 Å². The summed E-state index contributed by atoms with van der Waals surface area (Å²) in [6, 6.07) is 9.81. The van der Waals surface area contributed by atoms with E-state index in [0.717, 1.165) is 0 Å². The molecule has 0 radical (unpaired) electrons. The van der Waals surface area contributed by atoms with E-state index in [1.54, 1.807) is 42.6 Å². The number of nitrogens with one attached hydrogen (secondary N) is 4. The lowest BCUT2D eigenvalue weighted by molar-refractivity contribution is 0.0954. The van der Waals surface area contributed by atoms with Gasteiger partial charge in [-0.1, -0.05) is 23.7 Å². The van der Waals surface area contributed by atoms with Crippen molar-refractivity contribution < 1.29 is 9.59 Å². The molecule has 2 aromatic heterocycles. The van der Waals surface area contributed by atoms with E-state index in [1.165, 1.54) is 12.5 Å². The average Bonchev–Trinajstić information content (AvgIpc) is 2.72. The smallest absolute Gasteiger partial charge is 0.271 e. The summed E-state index contributed by atoms with van der Waals surface area (Å²) in [7, 11) is 0. The quantitative estimate of drug-likeness (QED) is 0.393. The van der Waals surface area contributed by atoms with Gasteiger partial charge < -0.3 is 5.73 Å². The largest absolute Gasteiger partial charge is 0.393 e. The van der Waals surface area contributed by atoms with E-state index >= 15 is 0 Å². The Bertz CT molecular complexity index is 999. The number of benzene rings is 1. The second kappa shape index (κ2) is 8.64. The fraction of sp³-hybridized carbons (Fsp3) is 0. The van der Waals surface area contributed by atoms with Gasteiger partial charge in [0.2, 0.25) is 0 Å². The molecular weight excluding hydrogens is 384 g/mol. The van der Waals surface area contributed by atoms with E-state index in [-0.39, 0.29) is 22.9 Å². The molecule has 3 aromatic rings. The molecule has 0 atom stereocenters. The number of rotatable bonds is 6. The molecule has 142 valence electrons. The summed E-state index contributed by atoms with van der Waals surface area (Å²) in [4.78, 5) is 36.0. The molecule has 10 nitrogen and oxygen atoms in total. The third-order valence-corrected chi connectivity index (χ3v) is 3.84. The number of aromatic nitrogens is 3. The summed E-state index contributed by atoms with van der Waals surface area (Å²) in [5.74, 6) is -0.620. The first kappa shape index (κ1) is 18.9. The van der Waals surface area contributed by atoms with Gasteiger partial charge in [-0.05, 0) is 24.3 Å². The van der Waals surface area contributed by atoms with Crippen LogP contribution in [0.3, 0.4) is 0 Å². The van der Waals surface area contributed by atoms with Crippen LogP contribution in [0.25, 0.3) is 0 Å². The van der Waals surface area contributed by atoms with Crippen molar-refractivity contribution in [3.05, 3.63) is 71.3 Å². The zero-order chi connectivity index (χ0) is 19.9. The first-order chi connectivity index (χ1) is 13.6. The van der Waals surface area contributed by atoms with Gasteiger partial charge in [-0.15, -0.1) is 0 Å². The summed E-state index contributed by atoms with van der Waals surface area (Å²) in [6.45, 7) is 0. The van der Waals surface area contributed by atoms with Gasteiger partial charge in [0.1, 0.15) is 12.0 Å². The number of pyridine rings is 1. The van der Waals surface area contributed by atoms with E-state index < -0.39 is 11.8 Å². The topological polar surface area (TPSA) is 147 Å². The van der Waals surface area contributed by atoms with Crippen molar-refractivity contribution >= 4 is 40.7 Å². The molecule has 0 aliphatic heterocycles. The normalized spacial score (nSPS) is 10.0. The highest BCUT2D eigenvalue weighted by atomic mass is 35.5. The Morgan fingerprint density at radius 2 is 1.61 bits per heavy atom. The molecule has 6 N–H and O–H groups in total. The fourth-order valence-corrected chi connectivity index (χ4v) is 2.33. The van der Waals surface area contributed by atoms with Crippen LogP contribution in [0.15, 0.2) is 55.1 Å². The lowest BCUT2D eigenvalue weighted by Crippen LogP contribution is -2.32. The molecule has 28 heavy (non-hydrogen) atoms. The van der Waals surface area contributed by atoms with E-state index in [2.05, 4.69) is 36.7 Å². The minimum Gasteiger partial charge on any atom is -0.393 e. The monoisotopic (exact) mass is 398 g/mol. The number of halogens is 1. The lowest BCUT2D eigenvalue weighted by Gasteiger charge is -2.14. The Hall–Kier alpha value is -3.92. The molecule has 0 unspecified atom stereocenters. The number of hydrogen-bond acceptors (Lipinski definition) is 8. The van der Waals surface area contributed by atoms with Crippen molar-refractivity contribution in [2.24, 2.45) is 0 Å². The second-order valence-electron chi connectivity index (χ2n) is 5.36. The first-order valence-corrected chi connectivity index (χ1v) is 8.32. The molecule has 3 rings (SSSR count). The van der Waals surface area contributed by atoms with Crippen LogP contribution in [0.4, 0.5) is 17.3 Å². The highest BCUT2D eigenvalue weighted by molar-refractivity contribution is 6.33. The maximum absolute atomic E-state index is 12.2. The van der Waals surface area contributed by atoms with Gasteiger partial charge in [-0.25, -0.2) is 9.97 Å². The van der Waals surface area contributed by atoms with Crippen LogP contribution in [0.5, 0.6) is 0 Å². The third-order valence-electron chi connectivity index (χ3n) is 3.51. The molecule has 11 heteroatoms. The van der Waals surface area contributed by atoms with Crippen LogP contribution in [-0.4, -0.2) is 26.8 Å². The lowest BCUT2D eigenvalue weighted by atomic mass is 10.2. The highest BCUT2D eigenvalue weighted by Crippen LogP contribution is 2.21. The van der Waals surface area contributed by atoms with Crippen LogP contribution in [0.2, 0.25) is 5.02 Å². The van der Waals surface area contributed by atoms with Crippen molar-refractivity contribution in [2.45, 2.75) is 0 Å². The molecule has 1 aromatic carbocycles. The molecule has 0 bridgehead atoms. The number of hydrazine groups is 2. The molecule has 0 spiro atoms. The van der Waals surface area contributed by atoms with Gasteiger partial charge >= 0.3 is 0 Å². The molecule has 0 saturated carbocycles. The van der Waals surface area contributed by atoms with Gasteiger partial charge in [-0.2, -0.15) is 0 Å². The van der Waals surface area contributed by atoms with Crippen LogP contribution in [-0.2, 0) is 0 Å². The first-order valence-electron chi connectivity index (χ1n) is 7.94. The summed E-state index contributed by atoms with van der Waals surface area (Å²) < 4.78 is 0. The Balaban J connectivity index is 1.63. The average molecular weight is 399 g/mol. The maximum atomic E-state index is 12.2. The fourth-order valence-electron chi connectivity index (χ4n) is 2.11. The van der Waals surface area contributed by atoms with E-state index in [1.807, 2.05) is 0 Å². The van der Waals surface area contributed by atoms with Crippen LogP contribution >= 0.6 is 11.6 Å². The van der Waals surface area contributed by atoms with Crippen molar-refractivity contribution in [1.82, 2.24) is 25.8 Å². The van der Waals surface area contributed by atoms with E-state index in [0.29, 0.717) is 10.6 Å². The maximum Gasteiger partial charge on any atom is 0.271 e. The Kier molecular flexibility index (Phi) is 5.82. The van der Waals surface area contributed by atoms with Crippen LogP contribution in [0.1, 0.15) is 20.7 Å². The zero-order valence-electron chi connectivity index (χ0n) is 14.3. The van der Waals surface area contributed by atoms with E-state index in [9.17, 15) is 9.59 Å². The number of carbonyl (C=O) groups is 2. The predicted molar refractivity (Wildman–Crippen MR) is 104 cm³/mol. The summed E-state index contributed by atoms with van der Waals surface area (Å²) in [6.07, 6.45) is 4.18. The van der Waals surface area contributed by atoms with Gasteiger partial charge in [0.25, 0.3) is 11.8 Å². The van der Waals surface area contributed by atoms with Crippen LogP contribution < -0.4 is 27.4 Å². The highest BCUT2D eigenvalue weighted by Gasteiger charge is 2.13. The number of nitrogen functional groups attached to an aromatic ring is 1. The standard InChI is InChI=1S/C17H15ClN8O2/c18-12-6-2-1-5-11(12)17(28)26-24-15-13(19)14(21-9-22-15)23-25-16(27)10-4-3-7-20-8-10/h1-9H,19H2,(H,25,27)(H,26,28)(H2,21,22,23,24). The molecular formula is C17H15ClN8O2. The molecule has 2 heterocycles. The molecule has 2 amide bonds. The minimum atomic E-state index is -0.469. The van der Waals surface area contributed by atoms with Gasteiger partial charge in [0.15, 0.2) is 11.6 Å². The Morgan fingerprint density at radius 3 is 2.25 bits per heavy atom. The SMILES string of the molecule is Nc1c(NNC(=O)c2cccnc2)ncnc1NNC(=O)c1ccccc1Cl. The summed E-state index contributed by atoms with van der Waals surface area (Å²) in [5.41, 5.74) is 16.8. The summed E-state index contributed by atoms with van der Waals surface area (Å²) in [5, 5.41) is 0.304. The predicted octanol–water partition coefficient (Wildman–Crippen LogP) is 1.62. The number of nitrogens with zero attached hydrogens (tertiary/aromatic N) is 3. The van der Waals surface area contributed by atoms with Crippen molar-refractivity contribution in [2.75, 3.05) is 16.6 Å². The van der Waals surface area contributed by atoms with Gasteiger partial charge in [-0.3, -0.25) is 36.3 Å². The molecule has 0 fully saturated rings. The molecule has 0 aliphatic rings. The van der Waals surface area contributed by atoms with Crippen molar-refractivity contribution in [3.63, 3.8) is 0 Å². The van der Waals surface area contributed by atoms with Crippen LogP contribution in [0, 0.1) is 0 Å². The number of anilines is 3. The number of amides is 2. The molecule has 0 saturated heterocycles. The third kappa shape index (κ3) is 4.43. The number of carbonyl (C=O) groups excluding carboxylic acids is 2. The number of hydrogen-bond donors (Lipinski definition) is 5. The van der Waals surface area contributed by atoms with Crippen molar-refractivity contribution in [3.8, 4) is 0 Å². The second-order valence-corrected chi connectivity index (χ2v) is 5.77. The number of nitrogens with two attached hydrogens (primary N) is 1. The minimum absolute atomic E-state index is 0.0773. The van der Waals surface area contributed by atoms with Crippen molar-refractivity contribution in [1.29, 1.82) is 0 Å². The van der Waals surface area contributed by atoms with E-state index in [4.69, 9.17) is 17.3 Å². The van der Waals surface area contributed by atoms with Gasteiger partial charge in [0, 0.05) is 12.4 Å². The Morgan fingerprint density at radius 1 is 0.929 bits per heavy atom. The zero-order valence-corrected chi connectivity index (χ0v) is 15.1. The summed E-state index contributed by atoms with van der Waals surface area (Å²) >= 11 is 5.99. The Labute approximate surface area is 164 Å². The molecule has 0 aliphatic carbocycles.